The molecule has 0 aromatic heterocycles. The van der Waals surface area contributed by atoms with E-state index in [0.717, 1.165) is 18.4 Å². The molecule has 2 rings (SSSR count). The summed E-state index contributed by atoms with van der Waals surface area (Å²) in [5.41, 5.74) is 0. The van der Waals surface area contributed by atoms with Gasteiger partial charge in [0.15, 0.2) is 0 Å². The lowest BCUT2D eigenvalue weighted by Crippen LogP contribution is -2.33. The summed E-state index contributed by atoms with van der Waals surface area (Å²) in [6, 6.07) is 0.678. The maximum Gasteiger partial charge on any atom is 0.0462 e. The van der Waals surface area contributed by atoms with E-state index in [0.29, 0.717) is 18.6 Å². The lowest BCUT2D eigenvalue weighted by molar-refractivity contribution is 0.190. The van der Waals surface area contributed by atoms with Gasteiger partial charge in [0, 0.05) is 12.6 Å². The summed E-state index contributed by atoms with van der Waals surface area (Å²) < 4.78 is 0. The molecule has 0 amide bonds. The monoisotopic (exact) mass is 211 g/mol. The fourth-order valence-electron chi connectivity index (χ4n) is 2.91. The van der Waals surface area contributed by atoms with Crippen molar-refractivity contribution in [2.24, 2.45) is 17.8 Å². The van der Waals surface area contributed by atoms with Crippen molar-refractivity contribution in [3.8, 4) is 0 Å². The molecule has 0 heterocycles. The number of aliphatic hydroxyl groups is 1. The van der Waals surface area contributed by atoms with Crippen LogP contribution in [0.2, 0.25) is 0 Å². The predicted molar refractivity (Wildman–Crippen MR) is 62.7 cm³/mol. The maximum absolute atomic E-state index is 9.23. The van der Waals surface area contributed by atoms with Crippen molar-refractivity contribution in [3.63, 3.8) is 0 Å². The predicted octanol–water partition coefficient (Wildman–Crippen LogP) is 2.17. The summed E-state index contributed by atoms with van der Waals surface area (Å²) in [6.45, 7) is 3.82. The fourth-order valence-corrected chi connectivity index (χ4v) is 2.91. The van der Waals surface area contributed by atoms with Gasteiger partial charge in [0.25, 0.3) is 0 Å². The van der Waals surface area contributed by atoms with Crippen LogP contribution in [0, 0.1) is 17.8 Å². The fraction of sp³-hybridized carbons (Fsp3) is 1.00. The molecule has 0 aromatic carbocycles. The molecular formula is C13H25NO. The molecule has 0 saturated heterocycles. The SMILES string of the molecule is CC(CC1CC1)NCC1CCCC1CO. The van der Waals surface area contributed by atoms with Crippen molar-refractivity contribution in [3.05, 3.63) is 0 Å². The van der Waals surface area contributed by atoms with Crippen LogP contribution in [0.5, 0.6) is 0 Å². The van der Waals surface area contributed by atoms with Gasteiger partial charge in [0.2, 0.25) is 0 Å². The minimum atomic E-state index is 0.392. The van der Waals surface area contributed by atoms with Crippen molar-refractivity contribution in [1.82, 2.24) is 5.32 Å². The molecule has 2 saturated carbocycles. The van der Waals surface area contributed by atoms with Crippen LogP contribution in [0.15, 0.2) is 0 Å². The van der Waals surface area contributed by atoms with Gasteiger partial charge in [-0.25, -0.2) is 0 Å². The Hall–Kier alpha value is -0.0800. The molecule has 0 radical (unpaired) electrons. The third kappa shape index (κ3) is 3.46. The number of hydrogen-bond donors (Lipinski definition) is 2. The molecule has 3 atom stereocenters. The molecule has 2 aliphatic rings. The quantitative estimate of drug-likeness (QED) is 0.706. The summed E-state index contributed by atoms with van der Waals surface area (Å²) in [7, 11) is 0. The molecule has 15 heavy (non-hydrogen) atoms. The van der Waals surface area contributed by atoms with Crippen LogP contribution in [-0.4, -0.2) is 24.3 Å². The summed E-state index contributed by atoms with van der Waals surface area (Å²) >= 11 is 0. The third-order valence-corrected chi connectivity index (χ3v) is 4.16. The molecule has 0 spiro atoms. The Bertz CT molecular complexity index is 191. The van der Waals surface area contributed by atoms with E-state index >= 15 is 0 Å². The van der Waals surface area contributed by atoms with E-state index in [1.54, 1.807) is 0 Å². The Kier molecular flexibility index (Phi) is 4.04. The van der Waals surface area contributed by atoms with Gasteiger partial charge in [-0.15, -0.1) is 0 Å². The normalized spacial score (nSPS) is 33.2. The highest BCUT2D eigenvalue weighted by Gasteiger charge is 2.27. The van der Waals surface area contributed by atoms with Gasteiger partial charge in [-0.1, -0.05) is 19.3 Å². The van der Waals surface area contributed by atoms with E-state index in [1.807, 2.05) is 0 Å². The topological polar surface area (TPSA) is 32.3 Å². The van der Waals surface area contributed by atoms with Crippen LogP contribution in [0.1, 0.15) is 45.4 Å². The molecule has 2 N–H and O–H groups in total. The van der Waals surface area contributed by atoms with Crippen LogP contribution in [0.25, 0.3) is 0 Å². The van der Waals surface area contributed by atoms with Crippen molar-refractivity contribution in [1.29, 1.82) is 0 Å². The van der Waals surface area contributed by atoms with E-state index < -0.39 is 0 Å². The first-order chi connectivity index (χ1) is 7.29. The van der Waals surface area contributed by atoms with Crippen LogP contribution in [-0.2, 0) is 0 Å². The zero-order valence-corrected chi connectivity index (χ0v) is 9.91. The van der Waals surface area contributed by atoms with Gasteiger partial charge >= 0.3 is 0 Å². The van der Waals surface area contributed by atoms with Gasteiger partial charge < -0.3 is 10.4 Å². The standard InChI is InChI=1S/C13H25NO/c1-10(7-11-5-6-11)14-8-12-3-2-4-13(12)9-15/h10-15H,2-9H2,1H3. The number of aliphatic hydroxyl groups excluding tert-OH is 1. The summed E-state index contributed by atoms with van der Waals surface area (Å²) in [6.07, 6.45) is 8.13. The Morgan fingerprint density at radius 2 is 1.93 bits per heavy atom. The van der Waals surface area contributed by atoms with Crippen LogP contribution >= 0.6 is 0 Å². The van der Waals surface area contributed by atoms with E-state index in [4.69, 9.17) is 0 Å². The van der Waals surface area contributed by atoms with Crippen molar-refractivity contribution in [2.45, 2.75) is 51.5 Å². The minimum Gasteiger partial charge on any atom is -0.396 e. The first-order valence-corrected chi connectivity index (χ1v) is 6.64. The van der Waals surface area contributed by atoms with Crippen molar-refractivity contribution < 1.29 is 5.11 Å². The Morgan fingerprint density at radius 3 is 2.60 bits per heavy atom. The van der Waals surface area contributed by atoms with Crippen LogP contribution < -0.4 is 5.32 Å². The molecule has 3 unspecified atom stereocenters. The molecule has 88 valence electrons. The lowest BCUT2D eigenvalue weighted by atomic mass is 9.96. The number of hydrogen-bond acceptors (Lipinski definition) is 2. The highest BCUT2D eigenvalue weighted by atomic mass is 16.3. The zero-order chi connectivity index (χ0) is 10.7. The van der Waals surface area contributed by atoms with Crippen LogP contribution in [0.4, 0.5) is 0 Å². The number of nitrogens with one attached hydrogen (secondary N) is 1. The van der Waals surface area contributed by atoms with Crippen molar-refractivity contribution in [2.75, 3.05) is 13.2 Å². The van der Waals surface area contributed by atoms with E-state index in [9.17, 15) is 5.11 Å². The molecule has 0 bridgehead atoms. The molecule has 2 nitrogen and oxygen atoms in total. The second kappa shape index (κ2) is 5.31. The van der Waals surface area contributed by atoms with E-state index in [1.165, 1.54) is 38.5 Å². The van der Waals surface area contributed by atoms with E-state index in [-0.39, 0.29) is 0 Å². The van der Waals surface area contributed by atoms with Gasteiger partial charge in [0.1, 0.15) is 0 Å². The highest BCUT2D eigenvalue weighted by molar-refractivity contribution is 4.82. The summed E-state index contributed by atoms with van der Waals surface area (Å²) in [5, 5.41) is 12.9. The average molecular weight is 211 g/mol. The second-order valence-corrected chi connectivity index (χ2v) is 5.62. The van der Waals surface area contributed by atoms with Gasteiger partial charge in [0.05, 0.1) is 0 Å². The molecular weight excluding hydrogens is 186 g/mol. The highest BCUT2D eigenvalue weighted by Crippen LogP contribution is 2.34. The summed E-state index contributed by atoms with van der Waals surface area (Å²) in [5.74, 6) is 2.33. The Balaban J connectivity index is 1.62. The van der Waals surface area contributed by atoms with Crippen LogP contribution in [0.3, 0.4) is 0 Å². The molecule has 2 heteroatoms. The number of rotatable bonds is 6. The molecule has 0 aliphatic heterocycles. The van der Waals surface area contributed by atoms with Gasteiger partial charge in [-0.05, 0) is 50.5 Å². The smallest absolute Gasteiger partial charge is 0.0462 e. The third-order valence-electron chi connectivity index (χ3n) is 4.16. The largest absolute Gasteiger partial charge is 0.396 e. The van der Waals surface area contributed by atoms with Crippen molar-refractivity contribution >= 4 is 0 Å². The molecule has 2 aliphatic carbocycles. The maximum atomic E-state index is 9.23. The minimum absolute atomic E-state index is 0.392. The average Bonchev–Trinajstić information content (AvgIpc) is 2.92. The second-order valence-electron chi connectivity index (χ2n) is 5.62. The lowest BCUT2D eigenvalue weighted by Gasteiger charge is -2.21. The zero-order valence-electron chi connectivity index (χ0n) is 9.91. The summed E-state index contributed by atoms with van der Waals surface area (Å²) in [4.78, 5) is 0. The Morgan fingerprint density at radius 1 is 1.20 bits per heavy atom. The first kappa shape index (κ1) is 11.4. The van der Waals surface area contributed by atoms with Gasteiger partial charge in [-0.3, -0.25) is 0 Å². The molecule has 2 fully saturated rings. The van der Waals surface area contributed by atoms with E-state index in [2.05, 4.69) is 12.2 Å². The van der Waals surface area contributed by atoms with Gasteiger partial charge in [-0.2, -0.15) is 0 Å². The molecule has 0 aromatic rings. The Labute approximate surface area is 93.5 Å². The first-order valence-electron chi connectivity index (χ1n) is 6.64.